The maximum Gasteiger partial charge on any atom is 0.540 e. The first-order valence-corrected chi connectivity index (χ1v) is 5.83. The Morgan fingerprint density at radius 2 is 2.00 bits per heavy atom. The Morgan fingerprint density at radius 1 is 1.33 bits per heavy atom. The summed E-state index contributed by atoms with van der Waals surface area (Å²) in [6.45, 7) is 1.86. The molecule has 0 aromatic heterocycles. The summed E-state index contributed by atoms with van der Waals surface area (Å²) in [5, 5.41) is 0. The van der Waals surface area contributed by atoms with E-state index in [9.17, 15) is 4.57 Å². The molecule has 0 bridgehead atoms. The lowest BCUT2D eigenvalue weighted by Gasteiger charge is -2.15. The molecule has 2 nitrogen and oxygen atoms in total. The van der Waals surface area contributed by atoms with Gasteiger partial charge in [-0.05, 0) is 30.4 Å². The molecule has 0 saturated heterocycles. The molecule has 1 atom stereocenters. The van der Waals surface area contributed by atoms with E-state index in [1.165, 1.54) is 19.3 Å². The minimum Gasteiger partial charge on any atom is -0.139 e. The van der Waals surface area contributed by atoms with Crippen molar-refractivity contribution in [3.8, 4) is 0 Å². The molecule has 1 aliphatic carbocycles. The van der Waals surface area contributed by atoms with Crippen molar-refractivity contribution < 1.29 is 9.09 Å². The normalized spacial score (nSPS) is 21.6. The first kappa shape index (κ1) is 9.88. The molecule has 1 aliphatic rings. The number of rotatable bonds is 3. The molecule has 1 fully saturated rings. The third kappa shape index (κ3) is 3.46. The van der Waals surface area contributed by atoms with Crippen LogP contribution >= 0.6 is 8.03 Å². The second-order valence-electron chi connectivity index (χ2n) is 3.13. The number of hydrogen-bond acceptors (Lipinski definition) is 2. The van der Waals surface area contributed by atoms with Crippen molar-refractivity contribution in [2.45, 2.75) is 45.1 Å². The summed E-state index contributed by atoms with van der Waals surface area (Å²) < 4.78 is 16.5. The zero-order valence-electron chi connectivity index (χ0n) is 7.53. The fraction of sp³-hybridized carbons (Fsp3) is 0.778. The van der Waals surface area contributed by atoms with Gasteiger partial charge in [0.05, 0.1) is 0 Å². The van der Waals surface area contributed by atoms with Crippen LogP contribution in [0.3, 0.4) is 0 Å². The Hall–Kier alpha value is -0.200. The highest BCUT2D eigenvalue weighted by atomic mass is 31.1. The first-order valence-electron chi connectivity index (χ1n) is 4.59. The molecule has 1 unspecified atom stereocenters. The smallest absolute Gasteiger partial charge is 0.139 e. The predicted octanol–water partition coefficient (Wildman–Crippen LogP) is 3.61. The van der Waals surface area contributed by atoms with Gasteiger partial charge in [-0.3, -0.25) is 0 Å². The Bertz CT molecular complexity index is 171. The average Bonchev–Trinajstić information content (AvgIpc) is 2.06. The lowest BCUT2D eigenvalue weighted by atomic mass is 9.98. The van der Waals surface area contributed by atoms with E-state index < -0.39 is 8.03 Å². The summed E-state index contributed by atoms with van der Waals surface area (Å²) in [6.07, 6.45) is 7.95. The molecule has 0 aromatic carbocycles. The van der Waals surface area contributed by atoms with E-state index in [1.54, 1.807) is 11.9 Å². The standard InChI is InChI=1S/C9H16O2P/c1-2-8-12(10)11-9-6-4-3-5-7-9/h2,8-9H,3-7H2,1H3/q+1. The largest absolute Gasteiger partial charge is 0.540 e. The maximum atomic E-state index is 11.2. The van der Waals surface area contributed by atoms with Gasteiger partial charge in [0.1, 0.15) is 6.10 Å². The Labute approximate surface area is 74.9 Å². The number of allylic oxidation sites excluding steroid dienone is 1. The first-order chi connectivity index (χ1) is 5.83. The highest BCUT2D eigenvalue weighted by molar-refractivity contribution is 7.42. The molecule has 0 spiro atoms. The monoisotopic (exact) mass is 187 g/mol. The van der Waals surface area contributed by atoms with Gasteiger partial charge >= 0.3 is 8.03 Å². The summed E-state index contributed by atoms with van der Waals surface area (Å²) in [5.41, 5.74) is 0. The quantitative estimate of drug-likeness (QED) is 0.631. The van der Waals surface area contributed by atoms with Gasteiger partial charge in [-0.25, -0.2) is 0 Å². The van der Waals surface area contributed by atoms with Gasteiger partial charge in [0, 0.05) is 0 Å². The fourth-order valence-electron chi connectivity index (χ4n) is 1.47. The van der Waals surface area contributed by atoms with Crippen LogP contribution in [-0.2, 0) is 9.09 Å². The van der Waals surface area contributed by atoms with Gasteiger partial charge in [0.25, 0.3) is 0 Å². The minimum absolute atomic E-state index is 0.249. The van der Waals surface area contributed by atoms with Gasteiger partial charge in [0.2, 0.25) is 0 Å². The molecule has 0 aromatic rings. The summed E-state index contributed by atoms with van der Waals surface area (Å²) in [7, 11) is -1.53. The topological polar surface area (TPSA) is 26.3 Å². The summed E-state index contributed by atoms with van der Waals surface area (Å²) >= 11 is 0. The molecule has 1 saturated carbocycles. The molecule has 0 amide bonds. The van der Waals surface area contributed by atoms with Crippen molar-refractivity contribution in [3.05, 3.63) is 11.9 Å². The van der Waals surface area contributed by atoms with Crippen LogP contribution in [-0.4, -0.2) is 6.10 Å². The van der Waals surface area contributed by atoms with E-state index in [0.717, 1.165) is 12.8 Å². The number of hydrogen-bond donors (Lipinski definition) is 0. The van der Waals surface area contributed by atoms with Crippen molar-refractivity contribution in [3.63, 3.8) is 0 Å². The molecule has 0 heterocycles. The third-order valence-electron chi connectivity index (χ3n) is 2.08. The van der Waals surface area contributed by atoms with Crippen molar-refractivity contribution in [1.29, 1.82) is 0 Å². The van der Waals surface area contributed by atoms with Crippen molar-refractivity contribution >= 4 is 8.03 Å². The molecular weight excluding hydrogens is 171 g/mol. The van der Waals surface area contributed by atoms with E-state index >= 15 is 0 Å². The molecule has 0 N–H and O–H groups in total. The van der Waals surface area contributed by atoms with Crippen LogP contribution in [0, 0.1) is 0 Å². The molecule has 1 rings (SSSR count). The molecule has 12 heavy (non-hydrogen) atoms. The van der Waals surface area contributed by atoms with Gasteiger partial charge in [0.15, 0.2) is 5.82 Å². The van der Waals surface area contributed by atoms with Crippen LogP contribution in [0.5, 0.6) is 0 Å². The Balaban J connectivity index is 2.24. The SMILES string of the molecule is CC=C[P+](=O)OC1CCCCC1. The molecule has 0 aliphatic heterocycles. The fourth-order valence-corrected chi connectivity index (χ4v) is 2.29. The van der Waals surface area contributed by atoms with E-state index in [-0.39, 0.29) is 6.10 Å². The third-order valence-corrected chi connectivity index (χ3v) is 3.12. The van der Waals surface area contributed by atoms with Crippen LogP contribution < -0.4 is 0 Å². The predicted molar refractivity (Wildman–Crippen MR) is 50.4 cm³/mol. The Morgan fingerprint density at radius 3 is 2.58 bits per heavy atom. The summed E-state index contributed by atoms with van der Waals surface area (Å²) in [4.78, 5) is 0. The van der Waals surface area contributed by atoms with Gasteiger partial charge in [-0.15, -0.1) is 4.52 Å². The summed E-state index contributed by atoms with van der Waals surface area (Å²) in [6, 6.07) is 0. The maximum absolute atomic E-state index is 11.2. The van der Waals surface area contributed by atoms with Crippen LogP contribution in [0.25, 0.3) is 0 Å². The van der Waals surface area contributed by atoms with E-state index in [2.05, 4.69) is 0 Å². The van der Waals surface area contributed by atoms with Crippen molar-refractivity contribution in [2.75, 3.05) is 0 Å². The van der Waals surface area contributed by atoms with Crippen LogP contribution in [0.1, 0.15) is 39.0 Å². The minimum atomic E-state index is -1.53. The lowest BCUT2D eigenvalue weighted by molar-refractivity contribution is 0.168. The van der Waals surface area contributed by atoms with E-state index in [1.807, 2.05) is 6.92 Å². The van der Waals surface area contributed by atoms with E-state index in [0.29, 0.717) is 0 Å². The zero-order chi connectivity index (χ0) is 8.81. The van der Waals surface area contributed by atoms with Crippen LogP contribution in [0.15, 0.2) is 11.9 Å². The zero-order valence-corrected chi connectivity index (χ0v) is 8.43. The van der Waals surface area contributed by atoms with Gasteiger partial charge < -0.3 is 0 Å². The molecule has 0 radical (unpaired) electrons. The molecule has 3 heteroatoms. The van der Waals surface area contributed by atoms with Crippen molar-refractivity contribution in [2.24, 2.45) is 0 Å². The van der Waals surface area contributed by atoms with Crippen LogP contribution in [0.2, 0.25) is 0 Å². The second kappa shape index (κ2) is 5.45. The van der Waals surface area contributed by atoms with Gasteiger partial charge in [-0.1, -0.05) is 19.3 Å². The second-order valence-corrected chi connectivity index (χ2v) is 4.21. The summed E-state index contributed by atoms with van der Waals surface area (Å²) in [5.74, 6) is 1.63. The van der Waals surface area contributed by atoms with Crippen molar-refractivity contribution in [1.82, 2.24) is 0 Å². The highest BCUT2D eigenvalue weighted by Gasteiger charge is 2.23. The Kier molecular flexibility index (Phi) is 4.49. The van der Waals surface area contributed by atoms with E-state index in [4.69, 9.17) is 4.52 Å². The molecule has 68 valence electrons. The highest BCUT2D eigenvalue weighted by Crippen LogP contribution is 2.32. The molecular formula is C9H16O2P+. The van der Waals surface area contributed by atoms with Gasteiger partial charge in [-0.2, -0.15) is 0 Å². The van der Waals surface area contributed by atoms with Crippen LogP contribution in [0.4, 0.5) is 0 Å². The lowest BCUT2D eigenvalue weighted by Crippen LogP contribution is -2.12. The average molecular weight is 187 g/mol.